The van der Waals surface area contributed by atoms with Crippen molar-refractivity contribution in [2.45, 2.75) is 13.8 Å². The fraction of sp³-hybridized carbons (Fsp3) is 0.250. The van der Waals surface area contributed by atoms with Crippen molar-refractivity contribution in [2.75, 3.05) is 19.0 Å². The van der Waals surface area contributed by atoms with Gasteiger partial charge >= 0.3 is 12.1 Å². The predicted molar refractivity (Wildman–Crippen MR) is 86.5 cm³/mol. The molecule has 0 bridgehead atoms. The summed E-state index contributed by atoms with van der Waals surface area (Å²) in [5.41, 5.74) is 2.13. The Labute approximate surface area is 132 Å². The molecule has 116 valence electrons. The summed E-state index contributed by atoms with van der Waals surface area (Å²) in [5, 5.41) is 3.02. The molecular formula is C16H17NO4S. The molecule has 1 N–H and O–H groups in total. The van der Waals surface area contributed by atoms with Gasteiger partial charge in [-0.15, -0.1) is 11.3 Å². The Morgan fingerprint density at radius 2 is 1.91 bits per heavy atom. The van der Waals surface area contributed by atoms with Crippen LogP contribution in [-0.4, -0.2) is 25.8 Å². The molecule has 0 saturated carbocycles. The van der Waals surface area contributed by atoms with Crippen LogP contribution >= 0.6 is 11.3 Å². The molecular weight excluding hydrogens is 302 g/mol. The number of nitrogens with one attached hydrogen (secondary N) is 1. The van der Waals surface area contributed by atoms with Crippen LogP contribution in [-0.2, 0) is 9.47 Å². The van der Waals surface area contributed by atoms with E-state index in [9.17, 15) is 9.59 Å². The summed E-state index contributed by atoms with van der Waals surface area (Å²) in [5.74, 6) is -0.454. The highest BCUT2D eigenvalue weighted by molar-refractivity contribution is 7.20. The van der Waals surface area contributed by atoms with Crippen LogP contribution in [0.5, 0.6) is 0 Å². The number of thiophene rings is 1. The average molecular weight is 319 g/mol. The van der Waals surface area contributed by atoms with Crippen molar-refractivity contribution in [2.24, 2.45) is 0 Å². The van der Waals surface area contributed by atoms with Crippen LogP contribution < -0.4 is 5.32 Å². The van der Waals surface area contributed by atoms with Crippen LogP contribution in [0.2, 0.25) is 0 Å². The van der Waals surface area contributed by atoms with E-state index in [1.54, 1.807) is 6.92 Å². The molecule has 0 fully saturated rings. The Hall–Kier alpha value is -2.34. The molecule has 6 heteroatoms. The summed E-state index contributed by atoms with van der Waals surface area (Å²) in [6, 6.07) is 9.68. The highest BCUT2D eigenvalue weighted by Crippen LogP contribution is 2.40. The van der Waals surface area contributed by atoms with Crippen LogP contribution in [0, 0.1) is 6.92 Å². The zero-order valence-electron chi connectivity index (χ0n) is 12.6. The molecule has 1 aromatic carbocycles. The number of carbonyl (C=O) groups is 2. The summed E-state index contributed by atoms with van der Waals surface area (Å²) in [4.78, 5) is 24.6. The van der Waals surface area contributed by atoms with E-state index in [4.69, 9.17) is 4.74 Å². The molecule has 0 atom stereocenters. The van der Waals surface area contributed by atoms with Crippen LogP contribution in [0.3, 0.4) is 0 Å². The van der Waals surface area contributed by atoms with Crippen molar-refractivity contribution in [1.29, 1.82) is 0 Å². The molecule has 0 unspecified atom stereocenters. The molecule has 0 spiro atoms. The van der Waals surface area contributed by atoms with E-state index in [2.05, 4.69) is 10.1 Å². The SMILES string of the molecule is CCOC(=O)c1c(NC(=O)OC)sc(-c2ccccc2)c1C. The Morgan fingerprint density at radius 1 is 1.23 bits per heavy atom. The Kier molecular flexibility index (Phi) is 5.16. The smallest absolute Gasteiger partial charge is 0.411 e. The van der Waals surface area contributed by atoms with Crippen LogP contribution in [0.25, 0.3) is 10.4 Å². The number of rotatable bonds is 4. The highest BCUT2D eigenvalue weighted by atomic mass is 32.1. The first kappa shape index (κ1) is 16.0. The lowest BCUT2D eigenvalue weighted by molar-refractivity contribution is 0.0527. The van der Waals surface area contributed by atoms with E-state index in [0.717, 1.165) is 16.0 Å². The molecule has 0 radical (unpaired) electrons. The quantitative estimate of drug-likeness (QED) is 0.862. The normalized spacial score (nSPS) is 10.1. The Morgan fingerprint density at radius 3 is 2.50 bits per heavy atom. The lowest BCUT2D eigenvalue weighted by atomic mass is 10.1. The third-order valence-corrected chi connectivity index (χ3v) is 4.32. The number of ether oxygens (including phenoxy) is 2. The van der Waals surface area contributed by atoms with E-state index in [1.165, 1.54) is 18.4 Å². The molecule has 2 aromatic rings. The first-order valence-corrected chi connectivity index (χ1v) is 7.61. The van der Waals surface area contributed by atoms with Gasteiger partial charge in [0.25, 0.3) is 0 Å². The summed E-state index contributed by atoms with van der Waals surface area (Å²) in [6.45, 7) is 3.85. The number of methoxy groups -OCH3 is 1. The fourth-order valence-corrected chi connectivity index (χ4v) is 3.25. The van der Waals surface area contributed by atoms with Gasteiger partial charge in [-0.3, -0.25) is 5.32 Å². The third-order valence-electron chi connectivity index (χ3n) is 3.06. The molecule has 1 heterocycles. The largest absolute Gasteiger partial charge is 0.462 e. The molecule has 1 aromatic heterocycles. The number of anilines is 1. The second kappa shape index (κ2) is 7.09. The Bertz CT molecular complexity index is 679. The van der Waals surface area contributed by atoms with Gasteiger partial charge in [0.1, 0.15) is 5.00 Å². The van der Waals surface area contributed by atoms with Crippen LogP contribution in [0.4, 0.5) is 9.80 Å². The van der Waals surface area contributed by atoms with Crippen molar-refractivity contribution in [1.82, 2.24) is 0 Å². The zero-order valence-corrected chi connectivity index (χ0v) is 13.5. The minimum Gasteiger partial charge on any atom is -0.462 e. The number of carbonyl (C=O) groups excluding carboxylic acids is 2. The minimum atomic E-state index is -0.619. The minimum absolute atomic E-state index is 0.270. The van der Waals surface area contributed by atoms with Gasteiger partial charge < -0.3 is 9.47 Å². The number of hydrogen-bond acceptors (Lipinski definition) is 5. The maximum absolute atomic E-state index is 12.2. The van der Waals surface area contributed by atoms with Gasteiger partial charge in [-0.1, -0.05) is 30.3 Å². The lowest BCUT2D eigenvalue weighted by Crippen LogP contribution is -2.14. The van der Waals surface area contributed by atoms with Crippen molar-refractivity contribution < 1.29 is 19.1 Å². The van der Waals surface area contributed by atoms with E-state index in [1.807, 2.05) is 37.3 Å². The third kappa shape index (κ3) is 3.28. The molecule has 22 heavy (non-hydrogen) atoms. The van der Waals surface area contributed by atoms with Crippen LogP contribution in [0.1, 0.15) is 22.8 Å². The molecule has 0 aliphatic rings. The summed E-state index contributed by atoms with van der Waals surface area (Å²) in [6.07, 6.45) is -0.619. The van der Waals surface area contributed by atoms with Gasteiger partial charge in [0, 0.05) is 4.88 Å². The lowest BCUT2D eigenvalue weighted by Gasteiger charge is -2.06. The molecule has 5 nitrogen and oxygen atoms in total. The summed E-state index contributed by atoms with van der Waals surface area (Å²) < 4.78 is 9.70. The number of benzene rings is 1. The van der Waals surface area contributed by atoms with Crippen molar-refractivity contribution >= 4 is 28.4 Å². The van der Waals surface area contributed by atoms with Crippen LogP contribution in [0.15, 0.2) is 30.3 Å². The van der Waals surface area contributed by atoms with E-state index >= 15 is 0 Å². The molecule has 0 aliphatic heterocycles. The van der Waals surface area contributed by atoms with E-state index in [-0.39, 0.29) is 6.61 Å². The van der Waals surface area contributed by atoms with E-state index < -0.39 is 12.1 Å². The average Bonchev–Trinajstić information content (AvgIpc) is 2.84. The molecule has 2 rings (SSSR count). The topological polar surface area (TPSA) is 64.6 Å². The first-order chi connectivity index (χ1) is 10.6. The second-order valence-corrected chi connectivity index (χ2v) is 5.48. The predicted octanol–water partition coefficient (Wildman–Crippen LogP) is 4.08. The molecule has 0 saturated heterocycles. The van der Waals surface area contributed by atoms with Gasteiger partial charge in [-0.05, 0) is 25.0 Å². The summed E-state index contributed by atoms with van der Waals surface area (Å²) >= 11 is 1.32. The van der Waals surface area contributed by atoms with Gasteiger partial charge in [-0.25, -0.2) is 9.59 Å². The monoisotopic (exact) mass is 319 g/mol. The maximum Gasteiger partial charge on any atom is 0.411 e. The van der Waals surface area contributed by atoms with Crippen molar-refractivity contribution in [3.63, 3.8) is 0 Å². The zero-order chi connectivity index (χ0) is 16.1. The first-order valence-electron chi connectivity index (χ1n) is 6.79. The fourth-order valence-electron chi connectivity index (χ4n) is 2.06. The van der Waals surface area contributed by atoms with Crippen molar-refractivity contribution in [3.8, 4) is 10.4 Å². The number of amides is 1. The van der Waals surface area contributed by atoms with Gasteiger partial charge in [0.05, 0.1) is 19.3 Å². The number of hydrogen-bond donors (Lipinski definition) is 1. The maximum atomic E-state index is 12.2. The highest BCUT2D eigenvalue weighted by Gasteiger charge is 2.24. The number of esters is 1. The molecule has 0 aliphatic carbocycles. The van der Waals surface area contributed by atoms with Gasteiger partial charge in [-0.2, -0.15) is 0 Å². The van der Waals surface area contributed by atoms with E-state index in [0.29, 0.717) is 10.6 Å². The van der Waals surface area contributed by atoms with Gasteiger partial charge in [0.2, 0.25) is 0 Å². The summed E-state index contributed by atoms with van der Waals surface area (Å²) in [7, 11) is 1.28. The standard InChI is InChI=1S/C16H17NO4S/c1-4-21-15(18)12-10(2)13(11-8-6-5-7-9-11)22-14(12)17-16(19)20-3/h5-9H,4H2,1-3H3,(H,17,19). The molecule has 1 amide bonds. The Balaban J connectivity index is 2.51. The van der Waals surface area contributed by atoms with Crippen molar-refractivity contribution in [3.05, 3.63) is 41.5 Å². The van der Waals surface area contributed by atoms with Gasteiger partial charge in [0.15, 0.2) is 0 Å². The second-order valence-electron chi connectivity index (χ2n) is 4.46.